The van der Waals surface area contributed by atoms with Crippen LogP contribution in [0.25, 0.3) is 0 Å². The number of halogens is 2. The van der Waals surface area contributed by atoms with E-state index in [9.17, 15) is 4.79 Å². The van der Waals surface area contributed by atoms with Crippen LogP contribution in [0.15, 0.2) is 33.7 Å². The second-order valence-electron chi connectivity index (χ2n) is 6.43. The number of carbonyl (C=O) groups excluding carboxylic acids is 1. The lowest BCUT2D eigenvalue weighted by Gasteiger charge is -2.20. The smallest absolute Gasteiger partial charge is 0.243 e. The molecule has 0 saturated carbocycles. The summed E-state index contributed by atoms with van der Waals surface area (Å²) in [6, 6.07) is 8.72. The van der Waals surface area contributed by atoms with Gasteiger partial charge in [-0.25, -0.2) is 4.99 Å². The minimum absolute atomic E-state index is 0. The molecule has 1 aromatic carbocycles. The van der Waals surface area contributed by atoms with Crippen LogP contribution in [0.5, 0.6) is 0 Å². The fourth-order valence-corrected chi connectivity index (χ4v) is 2.91. The van der Waals surface area contributed by atoms with Gasteiger partial charge in [0.05, 0.1) is 0 Å². The minimum atomic E-state index is 0. The number of amides is 1. The van der Waals surface area contributed by atoms with E-state index >= 15 is 0 Å². The summed E-state index contributed by atoms with van der Waals surface area (Å²) >= 11 is 3.48. The van der Waals surface area contributed by atoms with Gasteiger partial charge in [-0.3, -0.25) is 4.79 Å². The Morgan fingerprint density at radius 2 is 2.04 bits per heavy atom. The molecule has 1 aliphatic heterocycles. The molecule has 0 bridgehead atoms. The second kappa shape index (κ2) is 11.6. The monoisotopic (exact) mass is 537 g/mol. The molecule has 26 heavy (non-hydrogen) atoms. The van der Waals surface area contributed by atoms with E-state index in [1.54, 1.807) is 19.0 Å². The third-order valence-corrected chi connectivity index (χ3v) is 4.66. The molecule has 0 aliphatic carbocycles. The average Bonchev–Trinajstić information content (AvgIpc) is 3.06. The topological polar surface area (TPSA) is 60.0 Å². The Bertz CT molecular complexity index is 594. The van der Waals surface area contributed by atoms with E-state index in [-0.39, 0.29) is 36.4 Å². The summed E-state index contributed by atoms with van der Waals surface area (Å²) in [5, 5.41) is 6.77. The molecule has 1 fully saturated rings. The molecule has 0 spiro atoms. The highest BCUT2D eigenvalue weighted by atomic mass is 127. The maximum atomic E-state index is 11.8. The van der Waals surface area contributed by atoms with Gasteiger partial charge in [0, 0.05) is 49.9 Å². The molecule has 2 N–H and O–H groups in total. The number of benzene rings is 1. The number of aliphatic imine (C=N–C) groups is 1. The van der Waals surface area contributed by atoms with Crippen molar-refractivity contribution in [2.75, 3.05) is 45.2 Å². The normalized spacial score (nSPS) is 16.8. The van der Waals surface area contributed by atoms with Gasteiger partial charge in [0.1, 0.15) is 6.54 Å². The first-order chi connectivity index (χ1) is 12.0. The van der Waals surface area contributed by atoms with E-state index in [0.29, 0.717) is 6.04 Å². The van der Waals surface area contributed by atoms with Crippen LogP contribution >= 0.6 is 39.9 Å². The van der Waals surface area contributed by atoms with Crippen LogP contribution < -0.4 is 15.5 Å². The van der Waals surface area contributed by atoms with E-state index in [0.717, 1.165) is 42.9 Å². The highest BCUT2D eigenvalue weighted by molar-refractivity contribution is 14.0. The Morgan fingerprint density at radius 1 is 1.35 bits per heavy atom. The zero-order valence-electron chi connectivity index (χ0n) is 15.7. The Morgan fingerprint density at radius 3 is 2.65 bits per heavy atom. The molecule has 1 aliphatic rings. The highest BCUT2D eigenvalue weighted by Crippen LogP contribution is 2.22. The summed E-state index contributed by atoms with van der Waals surface area (Å²) < 4.78 is 1.09. The van der Waals surface area contributed by atoms with Crippen molar-refractivity contribution < 1.29 is 4.79 Å². The maximum Gasteiger partial charge on any atom is 0.243 e. The summed E-state index contributed by atoms with van der Waals surface area (Å²) in [6.07, 6.45) is 2.06. The van der Waals surface area contributed by atoms with Gasteiger partial charge >= 0.3 is 0 Å². The molecular formula is C18H29BrIN5O. The molecule has 1 unspecified atom stereocenters. The van der Waals surface area contributed by atoms with E-state index in [2.05, 4.69) is 67.6 Å². The van der Waals surface area contributed by atoms with Crippen LogP contribution in [0.1, 0.15) is 19.8 Å². The second-order valence-corrected chi connectivity index (χ2v) is 7.35. The summed E-state index contributed by atoms with van der Waals surface area (Å²) in [6.45, 7) is 5.05. The highest BCUT2D eigenvalue weighted by Gasteiger charge is 2.23. The third kappa shape index (κ3) is 7.30. The third-order valence-electron chi connectivity index (χ3n) is 4.13. The van der Waals surface area contributed by atoms with E-state index < -0.39 is 0 Å². The molecule has 146 valence electrons. The lowest BCUT2D eigenvalue weighted by Crippen LogP contribution is -2.45. The number of anilines is 1. The van der Waals surface area contributed by atoms with Gasteiger partial charge < -0.3 is 20.4 Å². The van der Waals surface area contributed by atoms with Crippen molar-refractivity contribution in [2.45, 2.75) is 25.8 Å². The molecule has 8 heteroatoms. The van der Waals surface area contributed by atoms with Crippen LogP contribution in [0, 0.1) is 0 Å². The number of rotatable bonds is 6. The summed E-state index contributed by atoms with van der Waals surface area (Å²) in [5.74, 6) is 0.722. The van der Waals surface area contributed by atoms with Gasteiger partial charge in [0.25, 0.3) is 0 Å². The number of nitrogens with one attached hydrogen (secondary N) is 2. The zero-order chi connectivity index (χ0) is 18.2. The van der Waals surface area contributed by atoms with Gasteiger partial charge in [-0.2, -0.15) is 0 Å². The Hall–Kier alpha value is -1.03. The standard InChI is InChI=1S/C18H28BrN5O.HI/c1-4-10-20-18(21-12-17(25)23(2)3)22-15-9-11-24(13-15)16-7-5-14(19)6-8-16;/h5-8,15H,4,9-13H2,1-3H3,(H2,20,21,22);1H. The largest absolute Gasteiger partial charge is 0.369 e. The van der Waals surface area contributed by atoms with Gasteiger partial charge in [-0.15, -0.1) is 24.0 Å². The minimum Gasteiger partial charge on any atom is -0.369 e. The van der Waals surface area contributed by atoms with Crippen molar-refractivity contribution >= 4 is 57.5 Å². The first-order valence-electron chi connectivity index (χ1n) is 8.75. The van der Waals surface area contributed by atoms with Crippen molar-refractivity contribution in [1.29, 1.82) is 0 Å². The van der Waals surface area contributed by atoms with Crippen molar-refractivity contribution in [1.82, 2.24) is 15.5 Å². The molecule has 1 amide bonds. The van der Waals surface area contributed by atoms with E-state index in [1.165, 1.54) is 5.69 Å². The van der Waals surface area contributed by atoms with Gasteiger partial charge in [-0.05, 0) is 37.1 Å². The van der Waals surface area contributed by atoms with Gasteiger partial charge in [0.15, 0.2) is 5.96 Å². The molecule has 2 rings (SSSR count). The van der Waals surface area contributed by atoms with Crippen LogP contribution in [-0.4, -0.2) is 63.1 Å². The maximum absolute atomic E-state index is 11.8. The predicted molar refractivity (Wildman–Crippen MR) is 123 cm³/mol. The molecule has 1 heterocycles. The fraction of sp³-hybridized carbons (Fsp3) is 0.556. The lowest BCUT2D eigenvalue weighted by molar-refractivity contribution is -0.127. The molecular weight excluding hydrogens is 509 g/mol. The van der Waals surface area contributed by atoms with Gasteiger partial charge in [0.2, 0.25) is 5.91 Å². The Balaban J connectivity index is 0.00000338. The zero-order valence-corrected chi connectivity index (χ0v) is 19.6. The van der Waals surface area contributed by atoms with Crippen LogP contribution in [0.3, 0.4) is 0 Å². The molecule has 6 nitrogen and oxygen atoms in total. The number of nitrogens with zero attached hydrogens (tertiary/aromatic N) is 3. The van der Waals surface area contributed by atoms with Crippen molar-refractivity contribution in [3.63, 3.8) is 0 Å². The van der Waals surface area contributed by atoms with Crippen LogP contribution in [-0.2, 0) is 4.79 Å². The predicted octanol–water partition coefficient (Wildman–Crippen LogP) is 2.68. The van der Waals surface area contributed by atoms with E-state index in [1.807, 2.05) is 0 Å². The van der Waals surface area contributed by atoms with E-state index in [4.69, 9.17) is 0 Å². The van der Waals surface area contributed by atoms with Crippen molar-refractivity contribution in [3.05, 3.63) is 28.7 Å². The van der Waals surface area contributed by atoms with Crippen molar-refractivity contribution in [3.8, 4) is 0 Å². The first kappa shape index (κ1) is 23.0. The molecule has 0 aromatic heterocycles. The Labute approximate surface area is 181 Å². The number of likely N-dealkylation sites (N-methyl/N-ethyl adjacent to an activating group) is 1. The summed E-state index contributed by atoms with van der Waals surface area (Å²) in [5.41, 5.74) is 1.23. The van der Waals surface area contributed by atoms with Crippen LogP contribution in [0.2, 0.25) is 0 Å². The number of carbonyl (C=O) groups is 1. The number of hydrogen-bond donors (Lipinski definition) is 2. The van der Waals surface area contributed by atoms with Crippen molar-refractivity contribution in [2.24, 2.45) is 4.99 Å². The molecule has 1 aromatic rings. The number of hydrogen-bond acceptors (Lipinski definition) is 3. The van der Waals surface area contributed by atoms with Crippen LogP contribution in [0.4, 0.5) is 5.69 Å². The average molecular weight is 538 g/mol. The van der Waals surface area contributed by atoms with Gasteiger partial charge in [-0.1, -0.05) is 22.9 Å². The molecule has 1 saturated heterocycles. The summed E-state index contributed by atoms with van der Waals surface area (Å²) in [4.78, 5) is 20.1. The quantitative estimate of drug-likeness (QED) is 0.333. The molecule has 1 atom stereocenters. The number of guanidine groups is 1. The Kier molecular flexibility index (Phi) is 10.3. The SMILES string of the molecule is CCCNC(=NCC(=O)N(C)C)NC1CCN(c2ccc(Br)cc2)C1.I. The first-order valence-corrected chi connectivity index (χ1v) is 9.54. The fourth-order valence-electron chi connectivity index (χ4n) is 2.64. The molecule has 0 radical (unpaired) electrons. The summed E-state index contributed by atoms with van der Waals surface area (Å²) in [7, 11) is 3.50. The lowest BCUT2D eigenvalue weighted by atomic mass is 10.2.